The van der Waals surface area contributed by atoms with Crippen LogP contribution < -0.4 is 10.6 Å². The first kappa shape index (κ1) is 16.1. The predicted octanol–water partition coefficient (Wildman–Crippen LogP) is 1.51. The molecule has 2 N–H and O–H groups in total. The second-order valence-electron chi connectivity index (χ2n) is 5.87. The van der Waals surface area contributed by atoms with Crippen molar-refractivity contribution in [1.29, 1.82) is 0 Å². The minimum atomic E-state index is -0.453. The van der Waals surface area contributed by atoms with Crippen LogP contribution in [0.5, 0.6) is 0 Å². The average Bonchev–Trinajstić information content (AvgIpc) is 3.11. The number of piperidine rings is 1. The Morgan fingerprint density at radius 2 is 2.21 bits per heavy atom. The standard InChI is InChI=1S/C16H19N5O3/c22-16(18-9-12-2-1-7-17-8-12)13-10-19-20(11-13)14-3-5-15(6-4-14)21(23)24/h3-6,10-12,17H,1-2,7-9H2,(H,18,22). The molecule has 2 heterocycles. The monoisotopic (exact) mass is 329 g/mol. The molecule has 1 aromatic heterocycles. The summed E-state index contributed by atoms with van der Waals surface area (Å²) in [4.78, 5) is 22.4. The van der Waals surface area contributed by atoms with E-state index in [1.165, 1.54) is 23.0 Å². The SMILES string of the molecule is O=C(NCC1CCCNC1)c1cnn(-c2ccc([N+](=O)[O-])cc2)c1. The highest BCUT2D eigenvalue weighted by atomic mass is 16.6. The van der Waals surface area contributed by atoms with Gasteiger partial charge >= 0.3 is 0 Å². The Kier molecular flexibility index (Phi) is 4.85. The van der Waals surface area contributed by atoms with Gasteiger partial charge in [0.1, 0.15) is 0 Å². The topological polar surface area (TPSA) is 102 Å². The maximum atomic E-state index is 12.2. The van der Waals surface area contributed by atoms with E-state index >= 15 is 0 Å². The molecule has 24 heavy (non-hydrogen) atoms. The Morgan fingerprint density at radius 3 is 2.88 bits per heavy atom. The van der Waals surface area contributed by atoms with E-state index in [1.807, 2.05) is 0 Å². The van der Waals surface area contributed by atoms with Gasteiger partial charge in [-0.25, -0.2) is 4.68 Å². The van der Waals surface area contributed by atoms with Crippen LogP contribution in [-0.2, 0) is 0 Å². The minimum Gasteiger partial charge on any atom is -0.352 e. The number of amides is 1. The van der Waals surface area contributed by atoms with Crippen molar-refractivity contribution < 1.29 is 9.72 Å². The number of rotatable bonds is 5. The highest BCUT2D eigenvalue weighted by molar-refractivity contribution is 5.93. The summed E-state index contributed by atoms with van der Waals surface area (Å²) in [6.45, 7) is 2.63. The number of hydrogen-bond acceptors (Lipinski definition) is 5. The van der Waals surface area contributed by atoms with Crippen LogP contribution in [0.25, 0.3) is 5.69 Å². The van der Waals surface area contributed by atoms with Crippen molar-refractivity contribution in [2.24, 2.45) is 5.92 Å². The van der Waals surface area contributed by atoms with E-state index in [4.69, 9.17) is 0 Å². The van der Waals surface area contributed by atoms with Gasteiger partial charge in [-0.05, 0) is 44.0 Å². The number of aromatic nitrogens is 2. The van der Waals surface area contributed by atoms with Crippen molar-refractivity contribution in [3.05, 3.63) is 52.3 Å². The highest BCUT2D eigenvalue weighted by Gasteiger charge is 2.15. The lowest BCUT2D eigenvalue weighted by Crippen LogP contribution is -2.38. The number of hydrogen-bond donors (Lipinski definition) is 2. The average molecular weight is 329 g/mol. The van der Waals surface area contributed by atoms with Crippen LogP contribution in [0.3, 0.4) is 0 Å². The predicted molar refractivity (Wildman–Crippen MR) is 88.1 cm³/mol. The molecular weight excluding hydrogens is 310 g/mol. The molecule has 3 rings (SSSR count). The second kappa shape index (κ2) is 7.22. The number of non-ortho nitro benzene ring substituents is 1. The van der Waals surface area contributed by atoms with Gasteiger partial charge in [0.05, 0.1) is 22.4 Å². The summed E-state index contributed by atoms with van der Waals surface area (Å²) in [5, 5.41) is 21.1. The molecule has 0 spiro atoms. The zero-order valence-corrected chi connectivity index (χ0v) is 13.1. The highest BCUT2D eigenvalue weighted by Crippen LogP contribution is 2.15. The van der Waals surface area contributed by atoms with Crippen LogP contribution in [0.1, 0.15) is 23.2 Å². The van der Waals surface area contributed by atoms with Gasteiger partial charge < -0.3 is 10.6 Å². The smallest absolute Gasteiger partial charge is 0.269 e. The molecule has 1 saturated heterocycles. The lowest BCUT2D eigenvalue weighted by molar-refractivity contribution is -0.384. The molecule has 126 valence electrons. The zero-order valence-electron chi connectivity index (χ0n) is 13.1. The summed E-state index contributed by atoms with van der Waals surface area (Å²) in [5.74, 6) is 0.307. The van der Waals surface area contributed by atoms with Crippen molar-refractivity contribution in [2.45, 2.75) is 12.8 Å². The normalized spacial score (nSPS) is 17.4. The zero-order chi connectivity index (χ0) is 16.9. The van der Waals surface area contributed by atoms with Gasteiger partial charge in [0.15, 0.2) is 0 Å². The first-order chi connectivity index (χ1) is 11.6. The Morgan fingerprint density at radius 1 is 1.42 bits per heavy atom. The molecule has 1 amide bonds. The summed E-state index contributed by atoms with van der Waals surface area (Å²) in [7, 11) is 0. The van der Waals surface area contributed by atoms with Gasteiger partial charge in [-0.15, -0.1) is 0 Å². The third kappa shape index (κ3) is 3.77. The van der Waals surface area contributed by atoms with Crippen molar-refractivity contribution in [2.75, 3.05) is 19.6 Å². The lowest BCUT2D eigenvalue weighted by Gasteiger charge is -2.22. The lowest BCUT2D eigenvalue weighted by atomic mass is 10.00. The summed E-state index contributed by atoms with van der Waals surface area (Å²) >= 11 is 0. The van der Waals surface area contributed by atoms with Gasteiger partial charge in [-0.2, -0.15) is 5.10 Å². The fourth-order valence-electron chi connectivity index (χ4n) is 2.75. The number of nitro groups is 1. The number of nitrogens with zero attached hydrogens (tertiary/aromatic N) is 3. The van der Waals surface area contributed by atoms with Gasteiger partial charge in [-0.3, -0.25) is 14.9 Å². The summed E-state index contributed by atoms with van der Waals surface area (Å²) < 4.78 is 1.53. The minimum absolute atomic E-state index is 0.0185. The van der Waals surface area contributed by atoms with E-state index in [0.717, 1.165) is 25.9 Å². The molecular formula is C16H19N5O3. The summed E-state index contributed by atoms with van der Waals surface area (Å²) in [6.07, 6.45) is 5.37. The molecule has 2 aromatic rings. The molecule has 8 nitrogen and oxygen atoms in total. The Hall–Kier alpha value is -2.74. The van der Waals surface area contributed by atoms with Crippen molar-refractivity contribution in [3.8, 4) is 5.69 Å². The van der Waals surface area contributed by atoms with E-state index in [9.17, 15) is 14.9 Å². The van der Waals surface area contributed by atoms with Crippen molar-refractivity contribution >= 4 is 11.6 Å². The number of nitrogens with one attached hydrogen (secondary N) is 2. The van der Waals surface area contributed by atoms with Gasteiger partial charge in [-0.1, -0.05) is 0 Å². The fourth-order valence-corrected chi connectivity index (χ4v) is 2.75. The summed E-state index contributed by atoms with van der Waals surface area (Å²) in [5.41, 5.74) is 1.15. The second-order valence-corrected chi connectivity index (χ2v) is 5.87. The maximum Gasteiger partial charge on any atom is 0.269 e. The van der Waals surface area contributed by atoms with Crippen molar-refractivity contribution in [3.63, 3.8) is 0 Å². The van der Waals surface area contributed by atoms with E-state index in [2.05, 4.69) is 15.7 Å². The molecule has 1 aliphatic heterocycles. The molecule has 1 unspecified atom stereocenters. The van der Waals surface area contributed by atoms with E-state index in [0.29, 0.717) is 23.7 Å². The fraction of sp³-hybridized carbons (Fsp3) is 0.375. The molecule has 0 saturated carbocycles. The molecule has 8 heteroatoms. The van der Waals surface area contributed by atoms with Gasteiger partial charge in [0, 0.05) is 24.9 Å². The molecule has 1 aliphatic rings. The van der Waals surface area contributed by atoms with Gasteiger partial charge in [0.2, 0.25) is 0 Å². The molecule has 0 bridgehead atoms. The number of carbonyl (C=O) groups is 1. The van der Waals surface area contributed by atoms with Crippen LogP contribution in [0.15, 0.2) is 36.7 Å². The van der Waals surface area contributed by atoms with Crippen LogP contribution in [0.4, 0.5) is 5.69 Å². The molecule has 1 atom stereocenters. The van der Waals surface area contributed by atoms with Crippen LogP contribution >= 0.6 is 0 Å². The Bertz CT molecular complexity index is 720. The summed E-state index contributed by atoms with van der Waals surface area (Å²) in [6, 6.07) is 6.01. The molecule has 1 aromatic carbocycles. The Labute approximate surface area is 139 Å². The third-order valence-corrected chi connectivity index (χ3v) is 4.12. The number of nitro benzene ring substituents is 1. The van der Waals surface area contributed by atoms with Crippen LogP contribution in [0.2, 0.25) is 0 Å². The Balaban J connectivity index is 1.61. The van der Waals surface area contributed by atoms with E-state index in [1.54, 1.807) is 18.3 Å². The molecule has 0 aliphatic carbocycles. The first-order valence-corrected chi connectivity index (χ1v) is 7.92. The van der Waals surface area contributed by atoms with E-state index < -0.39 is 4.92 Å². The van der Waals surface area contributed by atoms with Crippen molar-refractivity contribution in [1.82, 2.24) is 20.4 Å². The molecule has 1 fully saturated rings. The van der Waals surface area contributed by atoms with Gasteiger partial charge in [0.25, 0.3) is 11.6 Å². The molecule has 0 radical (unpaired) electrons. The first-order valence-electron chi connectivity index (χ1n) is 7.92. The van der Waals surface area contributed by atoms with Crippen LogP contribution in [0, 0.1) is 16.0 Å². The number of benzene rings is 1. The van der Waals surface area contributed by atoms with Crippen LogP contribution in [-0.4, -0.2) is 40.2 Å². The largest absolute Gasteiger partial charge is 0.352 e. The number of carbonyl (C=O) groups excluding carboxylic acids is 1. The maximum absolute atomic E-state index is 12.2. The third-order valence-electron chi connectivity index (χ3n) is 4.12. The van der Waals surface area contributed by atoms with E-state index in [-0.39, 0.29) is 11.6 Å². The quantitative estimate of drug-likeness (QED) is 0.639.